The van der Waals surface area contributed by atoms with Crippen LogP contribution in [-0.4, -0.2) is 23.8 Å². The number of halogens is 1. The topological polar surface area (TPSA) is 29.5 Å². The highest BCUT2D eigenvalue weighted by atomic mass is 35.5. The number of hydrogen-bond donors (Lipinski definition) is 1. The van der Waals surface area contributed by atoms with Crippen LogP contribution < -0.4 is 5.46 Å². The summed E-state index contributed by atoms with van der Waals surface area (Å²) < 4.78 is 8.31. The monoisotopic (exact) mass is 395 g/mol. The lowest BCUT2D eigenvalue weighted by Crippen LogP contribution is -2.49. The van der Waals surface area contributed by atoms with Gasteiger partial charge in [0.1, 0.15) is 0 Å². The Hall–Kier alpha value is -1.59. The van der Waals surface area contributed by atoms with E-state index in [4.69, 9.17) is 16.3 Å². The van der Waals surface area contributed by atoms with Crippen molar-refractivity contribution in [2.75, 3.05) is 0 Å². The van der Waals surface area contributed by atoms with Gasteiger partial charge in [0.15, 0.2) is 0 Å². The van der Waals surface area contributed by atoms with E-state index in [1.54, 1.807) is 32.7 Å². The first-order valence-corrected chi connectivity index (χ1v) is 10.1. The third-order valence-corrected chi connectivity index (χ3v) is 7.15. The molecule has 5 heteroatoms. The van der Waals surface area contributed by atoms with Crippen LogP contribution in [0.25, 0.3) is 30.9 Å². The zero-order chi connectivity index (χ0) is 19.4. The second-order valence-electron chi connectivity index (χ2n) is 7.91. The summed E-state index contributed by atoms with van der Waals surface area (Å²) in [5.41, 5.74) is -0.729. The third kappa shape index (κ3) is 3.15. The zero-order valence-electron chi connectivity index (χ0n) is 15.8. The van der Waals surface area contributed by atoms with E-state index < -0.39 is 11.2 Å². The van der Waals surface area contributed by atoms with Crippen LogP contribution in [0.4, 0.5) is 0 Å². The lowest BCUT2D eigenvalue weighted by atomic mass is 9.80. The van der Waals surface area contributed by atoms with Crippen molar-refractivity contribution >= 4 is 66.8 Å². The minimum Gasteiger partial charge on any atom is -0.427 e. The van der Waals surface area contributed by atoms with Gasteiger partial charge in [-0.1, -0.05) is 54.1 Å². The summed E-state index contributed by atoms with van der Waals surface area (Å²) >= 11 is 8.24. The van der Waals surface area contributed by atoms with Crippen molar-refractivity contribution < 1.29 is 9.76 Å². The van der Waals surface area contributed by atoms with Crippen molar-refractivity contribution in [3.05, 3.63) is 53.6 Å². The first-order valence-electron chi connectivity index (χ1n) is 8.95. The molecule has 137 valence electrons. The highest BCUT2D eigenvalue weighted by Gasteiger charge is 2.36. The van der Waals surface area contributed by atoms with Crippen LogP contribution in [0.2, 0.25) is 5.02 Å². The van der Waals surface area contributed by atoms with E-state index >= 15 is 0 Å². The van der Waals surface area contributed by atoms with Crippen molar-refractivity contribution in [2.24, 2.45) is 0 Å². The van der Waals surface area contributed by atoms with Crippen LogP contribution in [-0.2, 0) is 4.65 Å². The minimum atomic E-state index is -0.970. The zero-order valence-corrected chi connectivity index (χ0v) is 17.4. The summed E-state index contributed by atoms with van der Waals surface area (Å²) in [6, 6.07) is 16.6. The molecule has 1 N–H and O–H groups in total. The van der Waals surface area contributed by atoms with Crippen molar-refractivity contribution in [2.45, 2.75) is 38.9 Å². The Morgan fingerprint density at radius 1 is 0.926 bits per heavy atom. The van der Waals surface area contributed by atoms with Gasteiger partial charge < -0.3 is 9.76 Å². The predicted molar refractivity (Wildman–Crippen MR) is 119 cm³/mol. The smallest absolute Gasteiger partial charge is 0.331 e. The normalized spacial score (nSPS) is 13.0. The predicted octanol–water partition coefficient (Wildman–Crippen LogP) is 5.67. The van der Waals surface area contributed by atoms with Crippen LogP contribution >= 0.6 is 22.9 Å². The van der Waals surface area contributed by atoms with E-state index in [0.717, 1.165) is 20.6 Å². The molecule has 2 nitrogen and oxygen atoms in total. The molecule has 3 aromatic carbocycles. The van der Waals surface area contributed by atoms with Gasteiger partial charge in [0.25, 0.3) is 0 Å². The molecule has 0 aliphatic rings. The second-order valence-corrected chi connectivity index (χ2v) is 9.34. The molecule has 0 saturated carbocycles. The summed E-state index contributed by atoms with van der Waals surface area (Å²) in [5.74, 6) is 0. The number of benzene rings is 3. The fraction of sp³-hybridized carbons (Fsp3) is 0.273. The van der Waals surface area contributed by atoms with E-state index in [1.165, 1.54) is 20.9 Å². The van der Waals surface area contributed by atoms with Crippen molar-refractivity contribution in [1.82, 2.24) is 0 Å². The van der Waals surface area contributed by atoms with Gasteiger partial charge in [-0.15, -0.1) is 11.3 Å². The highest BCUT2D eigenvalue weighted by Crippen LogP contribution is 2.40. The number of hydrogen-bond acceptors (Lipinski definition) is 3. The van der Waals surface area contributed by atoms with Crippen molar-refractivity contribution in [3.8, 4) is 0 Å². The Kier molecular flexibility index (Phi) is 4.51. The Bertz CT molecular complexity index is 1160. The maximum atomic E-state index is 10.4. The van der Waals surface area contributed by atoms with E-state index in [9.17, 15) is 5.11 Å². The lowest BCUT2D eigenvalue weighted by Gasteiger charge is -2.37. The van der Waals surface area contributed by atoms with Crippen LogP contribution in [0.15, 0.2) is 48.5 Å². The maximum absolute atomic E-state index is 10.4. The first kappa shape index (κ1) is 18.8. The SMILES string of the molecule is CC(C)(O)C(C)(C)O[B]c1ccc(Cl)c2sc3c4ccccc4ccc3c12. The molecule has 0 spiro atoms. The number of aliphatic hydroxyl groups is 1. The molecule has 0 bridgehead atoms. The van der Waals surface area contributed by atoms with E-state index in [2.05, 4.69) is 36.4 Å². The third-order valence-electron chi connectivity index (χ3n) is 5.45. The molecule has 0 aliphatic heterocycles. The average molecular weight is 396 g/mol. The number of thiophene rings is 1. The van der Waals surface area contributed by atoms with Gasteiger partial charge in [-0.05, 0) is 55.4 Å². The highest BCUT2D eigenvalue weighted by molar-refractivity contribution is 7.27. The van der Waals surface area contributed by atoms with Gasteiger partial charge in [0.2, 0.25) is 0 Å². The number of rotatable bonds is 4. The maximum Gasteiger partial charge on any atom is 0.331 e. The molecule has 0 saturated heterocycles. The molecule has 0 aliphatic carbocycles. The molecular formula is C22H21BClO2S. The quantitative estimate of drug-likeness (QED) is 0.451. The largest absolute Gasteiger partial charge is 0.427 e. The van der Waals surface area contributed by atoms with E-state index in [-0.39, 0.29) is 0 Å². The average Bonchev–Trinajstić information content (AvgIpc) is 3.01. The van der Waals surface area contributed by atoms with Gasteiger partial charge in [-0.3, -0.25) is 0 Å². The summed E-state index contributed by atoms with van der Waals surface area (Å²) in [4.78, 5) is 0. The van der Waals surface area contributed by atoms with Gasteiger partial charge in [0.05, 0.1) is 20.9 Å². The molecule has 0 fully saturated rings. The Morgan fingerprint density at radius 2 is 1.67 bits per heavy atom. The Balaban J connectivity index is 1.89. The summed E-state index contributed by atoms with van der Waals surface area (Å²) in [6.45, 7) is 7.28. The van der Waals surface area contributed by atoms with E-state index in [1.807, 2.05) is 26.0 Å². The van der Waals surface area contributed by atoms with Crippen molar-refractivity contribution in [3.63, 3.8) is 0 Å². The molecule has 0 atom stereocenters. The molecule has 0 amide bonds. The Morgan fingerprint density at radius 3 is 2.41 bits per heavy atom. The van der Waals surface area contributed by atoms with Gasteiger partial charge in [-0.25, -0.2) is 0 Å². The number of fused-ring (bicyclic) bond motifs is 5. The fourth-order valence-electron chi connectivity index (χ4n) is 3.06. The Labute approximate surface area is 169 Å². The molecule has 1 aromatic heterocycles. The first-order chi connectivity index (χ1) is 12.7. The van der Waals surface area contributed by atoms with Crippen LogP contribution in [0.3, 0.4) is 0 Å². The van der Waals surface area contributed by atoms with Crippen molar-refractivity contribution in [1.29, 1.82) is 0 Å². The standard InChI is InChI=1S/C22H21BClO2S/c1-21(2,25)22(3,4)26-23-16-11-12-17(24)20-18(16)15-10-9-13-7-5-6-8-14(13)19(15)27-20/h5-12,25H,1-4H3. The van der Waals surface area contributed by atoms with Gasteiger partial charge in [0, 0.05) is 10.1 Å². The molecule has 4 rings (SSSR count). The summed E-state index contributed by atoms with van der Waals surface area (Å²) in [6.07, 6.45) is 0. The molecular weight excluding hydrogens is 375 g/mol. The van der Waals surface area contributed by atoms with Crippen LogP contribution in [0.5, 0.6) is 0 Å². The van der Waals surface area contributed by atoms with E-state index in [0.29, 0.717) is 0 Å². The van der Waals surface area contributed by atoms with Crippen LogP contribution in [0.1, 0.15) is 27.7 Å². The summed E-state index contributed by atoms with van der Waals surface area (Å²) in [7, 11) is 1.75. The van der Waals surface area contributed by atoms with Crippen LogP contribution in [0, 0.1) is 0 Å². The molecule has 1 radical (unpaired) electrons. The van der Waals surface area contributed by atoms with Gasteiger partial charge in [-0.2, -0.15) is 0 Å². The van der Waals surface area contributed by atoms with Gasteiger partial charge >= 0.3 is 7.48 Å². The minimum absolute atomic E-state index is 0.725. The lowest BCUT2D eigenvalue weighted by molar-refractivity contribution is -0.0893. The molecule has 0 unspecified atom stereocenters. The second kappa shape index (κ2) is 6.49. The molecule has 27 heavy (non-hydrogen) atoms. The summed E-state index contributed by atoms with van der Waals surface area (Å²) in [5, 5.41) is 15.8. The molecule has 4 aromatic rings. The molecule has 1 heterocycles. The fourth-order valence-corrected chi connectivity index (χ4v) is 4.60.